The van der Waals surface area contributed by atoms with E-state index in [1.165, 1.54) is 5.56 Å². The van der Waals surface area contributed by atoms with E-state index in [1.807, 2.05) is 35.0 Å². The highest BCUT2D eigenvalue weighted by Gasteiger charge is 2.44. The van der Waals surface area contributed by atoms with Crippen LogP contribution in [0.25, 0.3) is 0 Å². The van der Waals surface area contributed by atoms with Crippen LogP contribution in [0.4, 0.5) is 0 Å². The van der Waals surface area contributed by atoms with Crippen LogP contribution in [-0.2, 0) is 21.8 Å². The summed E-state index contributed by atoms with van der Waals surface area (Å²) < 4.78 is 21.5. The average Bonchev–Trinajstić information content (AvgIpc) is 3.33. The van der Waals surface area contributed by atoms with E-state index in [-0.39, 0.29) is 6.10 Å². The fourth-order valence-electron chi connectivity index (χ4n) is 3.12. The number of nitrogens with zero attached hydrogens (tertiary/aromatic N) is 2. The molecule has 3 aromatic rings. The Morgan fingerprint density at radius 2 is 1.96 bits per heavy atom. The number of aryl methyl sites for hydroxylation is 1. The summed E-state index contributed by atoms with van der Waals surface area (Å²) in [5, 5.41) is 0. The van der Waals surface area contributed by atoms with Gasteiger partial charge >= 0.3 is 0 Å². The summed E-state index contributed by atoms with van der Waals surface area (Å²) in [5.41, 5.74) is 2.19. The van der Waals surface area contributed by atoms with Gasteiger partial charge in [-0.25, -0.2) is 4.98 Å². The molecule has 2 unspecified atom stereocenters. The lowest BCUT2D eigenvalue weighted by Crippen LogP contribution is -2.34. The van der Waals surface area contributed by atoms with E-state index >= 15 is 0 Å². The zero-order valence-electron chi connectivity index (χ0n) is 15.0. The van der Waals surface area contributed by atoms with Gasteiger partial charge in [0.15, 0.2) is 0 Å². The lowest BCUT2D eigenvalue weighted by molar-refractivity contribution is -0.189. The first-order valence-corrected chi connectivity index (χ1v) is 9.65. The number of rotatable bonds is 6. The summed E-state index contributed by atoms with van der Waals surface area (Å²) in [6.45, 7) is 3.50. The minimum Gasteiger partial charge on any atom is -0.491 e. The Hall–Kier alpha value is -2.15. The molecule has 2 atom stereocenters. The third kappa shape index (κ3) is 4.24. The molecule has 4 rings (SSSR count). The van der Waals surface area contributed by atoms with Crippen LogP contribution in [0.5, 0.6) is 5.75 Å². The highest BCUT2D eigenvalue weighted by molar-refractivity contribution is 9.10. The molecule has 2 aromatic carbocycles. The number of ether oxygens (including phenoxy) is 3. The highest BCUT2D eigenvalue weighted by Crippen LogP contribution is 2.36. The topological polar surface area (TPSA) is 45.5 Å². The molecule has 2 heterocycles. The van der Waals surface area contributed by atoms with Crippen LogP contribution in [-0.4, -0.2) is 28.9 Å². The van der Waals surface area contributed by atoms with Gasteiger partial charge in [-0.15, -0.1) is 0 Å². The van der Waals surface area contributed by atoms with Gasteiger partial charge in [0, 0.05) is 22.4 Å². The molecule has 1 saturated heterocycles. The first-order chi connectivity index (χ1) is 13.1. The van der Waals surface area contributed by atoms with Gasteiger partial charge < -0.3 is 18.8 Å². The molecule has 5 nitrogen and oxygen atoms in total. The Bertz CT molecular complexity index is 865. The van der Waals surface area contributed by atoms with Crippen molar-refractivity contribution in [3.8, 4) is 5.75 Å². The molecule has 1 aliphatic rings. The molecular formula is C21H21BrN2O3. The summed E-state index contributed by atoms with van der Waals surface area (Å²) in [5.74, 6) is -0.0356. The second-order valence-electron chi connectivity index (χ2n) is 6.67. The Morgan fingerprint density at radius 1 is 1.19 bits per heavy atom. The third-order valence-electron chi connectivity index (χ3n) is 4.55. The number of benzene rings is 2. The van der Waals surface area contributed by atoms with E-state index < -0.39 is 5.79 Å². The Morgan fingerprint density at radius 3 is 2.67 bits per heavy atom. The van der Waals surface area contributed by atoms with Gasteiger partial charge in [-0.3, -0.25) is 0 Å². The summed E-state index contributed by atoms with van der Waals surface area (Å²) in [6.07, 6.45) is 5.28. The monoisotopic (exact) mass is 428 g/mol. The molecule has 0 bridgehead atoms. The maximum atomic E-state index is 6.39. The zero-order chi connectivity index (χ0) is 18.7. The molecule has 0 amide bonds. The number of aromatic nitrogens is 2. The molecule has 0 saturated carbocycles. The largest absolute Gasteiger partial charge is 0.491 e. The van der Waals surface area contributed by atoms with E-state index in [2.05, 4.69) is 52.1 Å². The van der Waals surface area contributed by atoms with E-state index in [0.29, 0.717) is 19.8 Å². The van der Waals surface area contributed by atoms with Gasteiger partial charge in [0.25, 0.3) is 0 Å². The molecule has 0 N–H and O–H groups in total. The maximum Gasteiger partial charge on any atom is 0.214 e. The van der Waals surface area contributed by atoms with Gasteiger partial charge in [0.2, 0.25) is 5.79 Å². The van der Waals surface area contributed by atoms with Crippen molar-refractivity contribution in [3.63, 3.8) is 0 Å². The van der Waals surface area contributed by atoms with Crippen molar-refractivity contribution in [1.29, 1.82) is 0 Å². The predicted molar refractivity (Wildman–Crippen MR) is 106 cm³/mol. The lowest BCUT2D eigenvalue weighted by atomic mass is 10.0. The van der Waals surface area contributed by atoms with Crippen LogP contribution in [0.2, 0.25) is 0 Å². The van der Waals surface area contributed by atoms with Gasteiger partial charge in [0.1, 0.15) is 18.5 Å². The predicted octanol–water partition coefficient (Wildman–Crippen LogP) is 4.30. The first kappa shape index (κ1) is 18.2. The van der Waals surface area contributed by atoms with Crippen molar-refractivity contribution in [2.75, 3.05) is 13.2 Å². The Balaban J connectivity index is 1.50. The molecular weight excluding hydrogens is 408 g/mol. The van der Waals surface area contributed by atoms with Crippen LogP contribution >= 0.6 is 15.9 Å². The molecule has 0 aliphatic carbocycles. The number of hydrogen-bond donors (Lipinski definition) is 0. The van der Waals surface area contributed by atoms with Crippen molar-refractivity contribution in [2.24, 2.45) is 0 Å². The fourth-order valence-corrected chi connectivity index (χ4v) is 3.38. The van der Waals surface area contributed by atoms with Crippen molar-refractivity contribution in [3.05, 3.63) is 82.9 Å². The van der Waals surface area contributed by atoms with Crippen molar-refractivity contribution < 1.29 is 14.2 Å². The standard InChI is InChI=1S/C21H21BrN2O3/c1-16-2-4-17(5-3-16)21(14-24-11-10-23-15-24)26-13-20(27-21)12-25-19-8-6-18(22)7-9-19/h2-11,15,20H,12-14H2,1H3. The van der Waals surface area contributed by atoms with Gasteiger partial charge in [-0.05, 0) is 31.2 Å². The molecule has 140 valence electrons. The summed E-state index contributed by atoms with van der Waals surface area (Å²) in [4.78, 5) is 4.13. The van der Waals surface area contributed by atoms with Gasteiger partial charge in [-0.2, -0.15) is 0 Å². The normalized spacial score (nSPS) is 22.1. The van der Waals surface area contributed by atoms with Crippen LogP contribution in [0, 0.1) is 6.92 Å². The summed E-state index contributed by atoms with van der Waals surface area (Å²) in [7, 11) is 0. The quantitative estimate of drug-likeness (QED) is 0.586. The van der Waals surface area contributed by atoms with Gasteiger partial charge in [0.05, 0.1) is 19.5 Å². The SMILES string of the molecule is Cc1ccc(C2(Cn3ccnc3)OCC(COc3ccc(Br)cc3)O2)cc1. The molecule has 1 aliphatic heterocycles. The van der Waals surface area contributed by atoms with Gasteiger partial charge in [-0.1, -0.05) is 45.8 Å². The van der Waals surface area contributed by atoms with Crippen molar-refractivity contribution >= 4 is 15.9 Å². The zero-order valence-corrected chi connectivity index (χ0v) is 16.6. The Labute approximate surface area is 167 Å². The number of hydrogen-bond acceptors (Lipinski definition) is 4. The average molecular weight is 429 g/mol. The van der Waals surface area contributed by atoms with Crippen LogP contribution in [0.3, 0.4) is 0 Å². The highest BCUT2D eigenvalue weighted by atomic mass is 79.9. The molecule has 27 heavy (non-hydrogen) atoms. The molecule has 1 fully saturated rings. The van der Waals surface area contributed by atoms with Crippen molar-refractivity contribution in [2.45, 2.75) is 25.4 Å². The Kier molecular flexibility index (Phi) is 5.29. The van der Waals surface area contributed by atoms with E-state index in [9.17, 15) is 0 Å². The molecule has 0 spiro atoms. The first-order valence-electron chi connectivity index (χ1n) is 8.86. The maximum absolute atomic E-state index is 6.39. The minimum absolute atomic E-state index is 0.154. The lowest BCUT2D eigenvalue weighted by Gasteiger charge is -2.29. The van der Waals surface area contributed by atoms with E-state index in [1.54, 1.807) is 12.5 Å². The van der Waals surface area contributed by atoms with Crippen LogP contribution in [0.1, 0.15) is 11.1 Å². The van der Waals surface area contributed by atoms with E-state index in [0.717, 1.165) is 15.8 Å². The number of imidazole rings is 1. The molecule has 1 aromatic heterocycles. The minimum atomic E-state index is -0.845. The van der Waals surface area contributed by atoms with E-state index in [4.69, 9.17) is 14.2 Å². The fraction of sp³-hybridized carbons (Fsp3) is 0.286. The second-order valence-corrected chi connectivity index (χ2v) is 7.59. The summed E-state index contributed by atoms with van der Waals surface area (Å²) >= 11 is 3.43. The molecule has 6 heteroatoms. The second kappa shape index (κ2) is 7.84. The molecule has 0 radical (unpaired) electrons. The summed E-state index contributed by atoms with van der Waals surface area (Å²) in [6, 6.07) is 16.0. The third-order valence-corrected chi connectivity index (χ3v) is 5.08. The van der Waals surface area contributed by atoms with Crippen LogP contribution in [0.15, 0.2) is 71.7 Å². The smallest absolute Gasteiger partial charge is 0.214 e. The van der Waals surface area contributed by atoms with Crippen LogP contribution < -0.4 is 4.74 Å². The van der Waals surface area contributed by atoms with Crippen molar-refractivity contribution in [1.82, 2.24) is 9.55 Å². The number of halogens is 1.